The Morgan fingerprint density at radius 3 is 2.73 bits per heavy atom. The van der Waals surface area contributed by atoms with E-state index in [-0.39, 0.29) is 5.91 Å². The van der Waals surface area contributed by atoms with Crippen LogP contribution in [0.1, 0.15) is 43.5 Å². The number of imidazole rings is 1. The number of benzene rings is 2. The van der Waals surface area contributed by atoms with Crippen LogP contribution in [0.5, 0.6) is 0 Å². The van der Waals surface area contributed by atoms with Crippen molar-refractivity contribution in [1.82, 2.24) is 19.4 Å². The lowest BCUT2D eigenvalue weighted by molar-refractivity contribution is 0.101. The molecule has 1 N–H and O–H groups in total. The molecule has 9 nitrogen and oxygen atoms in total. The quantitative estimate of drug-likeness (QED) is 0.312. The highest BCUT2D eigenvalue weighted by Gasteiger charge is 2.27. The van der Waals surface area contributed by atoms with E-state index in [2.05, 4.69) is 44.3 Å². The number of methoxy groups -OCH3 is 1. The molecule has 2 aliphatic rings. The molecule has 0 spiro atoms. The molecule has 4 aromatic rings. The summed E-state index contributed by atoms with van der Waals surface area (Å²) in [6.45, 7) is 2.73. The van der Waals surface area contributed by atoms with Gasteiger partial charge in [0.1, 0.15) is 5.82 Å². The van der Waals surface area contributed by atoms with E-state index >= 15 is 0 Å². The number of ether oxygens (including phenoxy) is 1. The fraction of sp³-hybridized carbons (Fsp3) is 0.290. The summed E-state index contributed by atoms with van der Waals surface area (Å²) in [6, 6.07) is 13.7. The molecule has 1 amide bonds. The Labute approximate surface area is 243 Å². The maximum Gasteiger partial charge on any atom is 0.291 e. The number of carbonyl (C=O) groups is 2. The summed E-state index contributed by atoms with van der Waals surface area (Å²) in [6.07, 6.45) is 4.05. The number of nitrogens with zero attached hydrogens (tertiary/aromatic N) is 5. The molecule has 0 fully saturated rings. The van der Waals surface area contributed by atoms with Gasteiger partial charge in [0.15, 0.2) is 12.1 Å². The third-order valence-electron chi connectivity index (χ3n) is 7.93. The monoisotopic (exact) mass is 570 g/mol. The second-order valence-corrected chi connectivity index (χ2v) is 10.9. The van der Waals surface area contributed by atoms with Crippen LogP contribution in [-0.2, 0) is 37.8 Å². The Balaban J connectivity index is 1.30. The molecule has 0 unspecified atom stereocenters. The third-order valence-corrected chi connectivity index (χ3v) is 8.33. The third kappa shape index (κ3) is 4.90. The van der Waals surface area contributed by atoms with Crippen molar-refractivity contribution in [1.29, 1.82) is 0 Å². The first-order chi connectivity index (χ1) is 19.9. The zero-order chi connectivity index (χ0) is 28.7. The number of rotatable bonds is 7. The van der Waals surface area contributed by atoms with Gasteiger partial charge in [0, 0.05) is 68.9 Å². The molecule has 210 valence electrons. The highest BCUT2D eigenvalue weighted by atomic mass is 35.5. The highest BCUT2D eigenvalue weighted by molar-refractivity contribution is 6.36. The maximum absolute atomic E-state index is 13.3. The summed E-state index contributed by atoms with van der Waals surface area (Å²) in [4.78, 5) is 38.3. The number of aldehydes is 1. The predicted molar refractivity (Wildman–Crippen MR) is 159 cm³/mol. The molecule has 0 bridgehead atoms. The minimum Gasteiger partial charge on any atom is -0.380 e. The van der Waals surface area contributed by atoms with Gasteiger partial charge in [-0.2, -0.15) is 0 Å². The van der Waals surface area contributed by atoms with E-state index in [0.29, 0.717) is 28.7 Å². The fourth-order valence-corrected chi connectivity index (χ4v) is 6.11. The number of nitrogens with one attached hydrogen (secondary N) is 1. The summed E-state index contributed by atoms with van der Waals surface area (Å²) in [7, 11) is 5.55. The van der Waals surface area contributed by atoms with Crippen LogP contribution in [-0.4, -0.2) is 58.9 Å². The second-order valence-electron chi connectivity index (χ2n) is 10.5. The van der Waals surface area contributed by atoms with E-state index in [9.17, 15) is 9.59 Å². The Morgan fingerprint density at radius 2 is 1.93 bits per heavy atom. The highest BCUT2D eigenvalue weighted by Crippen LogP contribution is 2.43. The average Bonchev–Trinajstić information content (AvgIpc) is 3.55. The van der Waals surface area contributed by atoms with Gasteiger partial charge < -0.3 is 24.4 Å². The van der Waals surface area contributed by atoms with Crippen molar-refractivity contribution in [2.45, 2.75) is 26.0 Å². The van der Waals surface area contributed by atoms with Crippen molar-refractivity contribution >= 4 is 41.0 Å². The molecule has 4 heterocycles. The number of hydrogen-bond donors (Lipinski definition) is 1. The molecule has 0 aliphatic carbocycles. The van der Waals surface area contributed by atoms with Gasteiger partial charge in [-0.25, -0.2) is 9.97 Å². The van der Waals surface area contributed by atoms with E-state index in [4.69, 9.17) is 16.3 Å². The van der Waals surface area contributed by atoms with Crippen LogP contribution in [0.3, 0.4) is 0 Å². The molecular formula is C31H31ClN6O3. The first-order valence-corrected chi connectivity index (χ1v) is 13.9. The first-order valence-electron chi connectivity index (χ1n) is 13.5. The van der Waals surface area contributed by atoms with Crippen LogP contribution in [0.2, 0.25) is 5.02 Å². The van der Waals surface area contributed by atoms with Gasteiger partial charge in [-0.05, 0) is 48.4 Å². The van der Waals surface area contributed by atoms with Crippen LogP contribution < -0.4 is 10.2 Å². The zero-order valence-electron chi connectivity index (χ0n) is 23.3. The lowest BCUT2D eigenvalue weighted by atomic mass is 9.97. The number of likely N-dealkylation sites (N-methyl/N-ethyl adjacent to an activating group) is 1. The van der Waals surface area contributed by atoms with E-state index < -0.39 is 0 Å². The second kappa shape index (κ2) is 11.1. The predicted octanol–water partition coefficient (Wildman–Crippen LogP) is 5.03. The average molecular weight is 571 g/mol. The number of carbonyl (C=O) groups excluding carboxylic acids is 2. The van der Waals surface area contributed by atoms with E-state index in [1.807, 2.05) is 41.9 Å². The van der Waals surface area contributed by atoms with Gasteiger partial charge >= 0.3 is 0 Å². The molecule has 2 aromatic heterocycles. The molecule has 0 saturated carbocycles. The van der Waals surface area contributed by atoms with Crippen molar-refractivity contribution in [2.75, 3.05) is 37.5 Å². The largest absolute Gasteiger partial charge is 0.380 e. The summed E-state index contributed by atoms with van der Waals surface area (Å²) in [5.74, 6) is 0.850. The van der Waals surface area contributed by atoms with Crippen molar-refractivity contribution in [3.05, 3.63) is 87.6 Å². The van der Waals surface area contributed by atoms with Crippen molar-refractivity contribution in [2.24, 2.45) is 7.05 Å². The number of pyridine rings is 1. The smallest absolute Gasteiger partial charge is 0.291 e. The molecule has 0 radical (unpaired) electrons. The summed E-state index contributed by atoms with van der Waals surface area (Å²) in [5.41, 5.74) is 7.92. The number of halogens is 1. The number of hydrogen-bond acceptors (Lipinski definition) is 7. The molecule has 2 aromatic carbocycles. The Kier molecular flexibility index (Phi) is 7.33. The van der Waals surface area contributed by atoms with Crippen molar-refractivity contribution < 1.29 is 14.3 Å². The summed E-state index contributed by atoms with van der Waals surface area (Å²) < 4.78 is 7.18. The first kappa shape index (κ1) is 27.1. The van der Waals surface area contributed by atoms with Crippen molar-refractivity contribution in [3.63, 3.8) is 0 Å². The van der Waals surface area contributed by atoms with Crippen LogP contribution in [0, 0.1) is 0 Å². The molecule has 6 rings (SSSR count). The Hall–Kier alpha value is -4.05. The SMILES string of the molecule is COCc1cc(N2CCc3c(-c4cccc(NC(=O)c5nc6c(n5C)CCN(C)C6)c4Cl)cccc32)ncc1C=O. The molecule has 0 saturated heterocycles. The van der Waals surface area contributed by atoms with Crippen LogP contribution in [0.4, 0.5) is 17.2 Å². The number of aromatic nitrogens is 3. The van der Waals surface area contributed by atoms with Crippen LogP contribution >= 0.6 is 11.6 Å². The van der Waals surface area contributed by atoms with Crippen LogP contribution in [0.15, 0.2) is 48.7 Å². The standard InChI is InChI=1S/C31H31ClN6O3/c1-36-12-11-27-25(16-36)34-30(37(27)2)31(40)35-24-8-4-7-23(29(24)32)21-6-5-9-26-22(21)10-13-38(26)28-14-19(18-41-3)20(17-39)15-33-28/h4-9,14-15,17H,10-13,16,18H2,1-3H3,(H,35,40). The Bertz CT molecular complexity index is 1670. The van der Waals surface area contributed by atoms with Gasteiger partial charge in [0.2, 0.25) is 0 Å². The molecule has 41 heavy (non-hydrogen) atoms. The van der Waals surface area contributed by atoms with Gasteiger partial charge in [0.25, 0.3) is 5.91 Å². The topological polar surface area (TPSA) is 92.6 Å². The molecular weight excluding hydrogens is 540 g/mol. The van der Waals surface area contributed by atoms with Gasteiger partial charge in [-0.1, -0.05) is 35.9 Å². The van der Waals surface area contributed by atoms with Gasteiger partial charge in [-0.15, -0.1) is 0 Å². The Morgan fingerprint density at radius 1 is 1.12 bits per heavy atom. The molecule has 2 aliphatic heterocycles. The maximum atomic E-state index is 13.3. The number of anilines is 3. The van der Waals surface area contributed by atoms with E-state index in [1.54, 1.807) is 13.3 Å². The number of amides is 1. The van der Waals surface area contributed by atoms with Crippen molar-refractivity contribution in [3.8, 4) is 11.1 Å². The minimum absolute atomic E-state index is 0.287. The lowest BCUT2D eigenvalue weighted by Crippen LogP contribution is -2.27. The summed E-state index contributed by atoms with van der Waals surface area (Å²) >= 11 is 6.96. The van der Waals surface area contributed by atoms with Gasteiger partial charge in [0.05, 0.1) is 23.0 Å². The zero-order valence-corrected chi connectivity index (χ0v) is 24.0. The fourth-order valence-electron chi connectivity index (χ4n) is 5.83. The van der Waals surface area contributed by atoms with Crippen LogP contribution in [0.25, 0.3) is 11.1 Å². The van der Waals surface area contributed by atoms with E-state index in [0.717, 1.165) is 83.9 Å². The minimum atomic E-state index is -0.287. The molecule has 10 heteroatoms. The number of fused-ring (bicyclic) bond motifs is 2. The normalized spacial score (nSPS) is 14.6. The summed E-state index contributed by atoms with van der Waals surface area (Å²) in [5, 5.41) is 3.47. The van der Waals surface area contributed by atoms with Gasteiger partial charge in [-0.3, -0.25) is 9.59 Å². The lowest BCUT2D eigenvalue weighted by Gasteiger charge is -2.21. The molecule has 0 atom stereocenters. The van der Waals surface area contributed by atoms with E-state index in [1.165, 1.54) is 0 Å².